The number of hydrogen-bond acceptors (Lipinski definition) is 3. The molecular formula is C11H13ClN2O3. The van der Waals surface area contributed by atoms with Gasteiger partial charge in [0, 0.05) is 24.9 Å². The molecule has 0 saturated heterocycles. The Morgan fingerprint density at radius 3 is 2.88 bits per heavy atom. The Hall–Kier alpha value is -1.62. The summed E-state index contributed by atoms with van der Waals surface area (Å²) in [6, 6.07) is 1.30. The third-order valence-electron chi connectivity index (χ3n) is 2.18. The van der Waals surface area contributed by atoms with E-state index in [2.05, 4.69) is 10.3 Å². The molecule has 1 aromatic rings. The first-order valence-electron chi connectivity index (χ1n) is 5.13. The molecule has 17 heavy (non-hydrogen) atoms. The van der Waals surface area contributed by atoms with E-state index in [1.807, 2.05) is 0 Å². The molecule has 0 radical (unpaired) electrons. The second kappa shape index (κ2) is 6.20. The summed E-state index contributed by atoms with van der Waals surface area (Å²) >= 11 is 5.84. The number of pyridine rings is 1. The highest BCUT2D eigenvalue weighted by Gasteiger charge is 2.13. The van der Waals surface area contributed by atoms with Crippen LogP contribution in [0.3, 0.4) is 0 Å². The highest BCUT2D eigenvalue weighted by Crippen LogP contribution is 2.13. The fraction of sp³-hybridized carbons (Fsp3) is 0.364. The van der Waals surface area contributed by atoms with Crippen LogP contribution in [-0.4, -0.2) is 28.0 Å². The molecule has 0 spiro atoms. The van der Waals surface area contributed by atoms with Gasteiger partial charge in [0.25, 0.3) is 5.91 Å². The number of aromatic nitrogens is 1. The number of halogens is 1. The van der Waals surface area contributed by atoms with Gasteiger partial charge in [-0.2, -0.15) is 0 Å². The van der Waals surface area contributed by atoms with Crippen LogP contribution in [0.1, 0.15) is 30.1 Å². The number of amides is 1. The van der Waals surface area contributed by atoms with Gasteiger partial charge in [0.1, 0.15) is 0 Å². The maximum Gasteiger partial charge on any atom is 0.303 e. The Morgan fingerprint density at radius 2 is 2.29 bits per heavy atom. The largest absolute Gasteiger partial charge is 0.481 e. The highest BCUT2D eigenvalue weighted by molar-refractivity contribution is 6.33. The molecule has 1 rings (SSSR count). The predicted octanol–water partition coefficient (Wildman–Crippen LogP) is 1.72. The quantitative estimate of drug-likeness (QED) is 0.841. The van der Waals surface area contributed by atoms with Crippen molar-refractivity contribution in [1.29, 1.82) is 0 Å². The molecule has 1 aromatic heterocycles. The number of nitrogens with one attached hydrogen (secondary N) is 1. The fourth-order valence-electron chi connectivity index (χ4n) is 1.26. The number of hydrogen-bond donors (Lipinski definition) is 2. The Balaban J connectivity index is 2.55. The molecule has 0 aliphatic heterocycles. The van der Waals surface area contributed by atoms with Crippen molar-refractivity contribution < 1.29 is 14.7 Å². The molecular weight excluding hydrogens is 244 g/mol. The molecule has 0 aliphatic carbocycles. The van der Waals surface area contributed by atoms with E-state index in [0.717, 1.165) is 0 Å². The lowest BCUT2D eigenvalue weighted by Crippen LogP contribution is -2.33. The van der Waals surface area contributed by atoms with Crippen molar-refractivity contribution in [2.75, 3.05) is 0 Å². The minimum Gasteiger partial charge on any atom is -0.481 e. The van der Waals surface area contributed by atoms with Gasteiger partial charge in [-0.25, -0.2) is 0 Å². The Kier molecular flexibility index (Phi) is 4.90. The molecule has 0 fully saturated rings. The first-order valence-corrected chi connectivity index (χ1v) is 5.50. The summed E-state index contributed by atoms with van der Waals surface area (Å²) in [5.74, 6) is -1.23. The molecule has 1 unspecified atom stereocenters. The minimum absolute atomic E-state index is 0.0161. The van der Waals surface area contributed by atoms with Gasteiger partial charge in [-0.05, 0) is 19.4 Å². The average Bonchev–Trinajstić information content (AvgIpc) is 2.26. The molecule has 1 amide bonds. The minimum atomic E-state index is -0.884. The maximum atomic E-state index is 11.7. The number of nitrogens with zero attached hydrogens (tertiary/aromatic N) is 1. The summed E-state index contributed by atoms with van der Waals surface area (Å²) < 4.78 is 0. The summed E-state index contributed by atoms with van der Waals surface area (Å²) in [4.78, 5) is 25.9. The van der Waals surface area contributed by atoms with E-state index >= 15 is 0 Å². The molecule has 1 heterocycles. The van der Waals surface area contributed by atoms with Crippen LogP contribution in [0.15, 0.2) is 18.5 Å². The SMILES string of the molecule is CC(CCC(=O)O)NC(=O)c1cnccc1Cl. The van der Waals surface area contributed by atoms with Gasteiger partial charge in [-0.1, -0.05) is 11.6 Å². The Bertz CT molecular complexity index is 423. The van der Waals surface area contributed by atoms with E-state index in [9.17, 15) is 9.59 Å². The van der Waals surface area contributed by atoms with Crippen LogP contribution in [-0.2, 0) is 4.79 Å². The van der Waals surface area contributed by atoms with Crippen molar-refractivity contribution >= 4 is 23.5 Å². The molecule has 0 saturated carbocycles. The zero-order valence-corrected chi connectivity index (χ0v) is 10.1. The molecule has 5 nitrogen and oxygen atoms in total. The van der Waals surface area contributed by atoms with Gasteiger partial charge < -0.3 is 10.4 Å². The van der Waals surface area contributed by atoms with E-state index < -0.39 is 5.97 Å². The van der Waals surface area contributed by atoms with Gasteiger partial charge in [0.05, 0.1) is 10.6 Å². The van der Waals surface area contributed by atoms with Crippen LogP contribution in [0.4, 0.5) is 0 Å². The molecule has 2 N–H and O–H groups in total. The first kappa shape index (κ1) is 13.4. The normalized spacial score (nSPS) is 11.9. The van der Waals surface area contributed by atoms with Crippen molar-refractivity contribution in [3.05, 3.63) is 29.0 Å². The van der Waals surface area contributed by atoms with Crippen LogP contribution in [0.2, 0.25) is 5.02 Å². The average molecular weight is 257 g/mol. The van der Waals surface area contributed by atoms with Crippen molar-refractivity contribution in [1.82, 2.24) is 10.3 Å². The number of carboxylic acids is 1. The molecule has 6 heteroatoms. The zero-order chi connectivity index (χ0) is 12.8. The van der Waals surface area contributed by atoms with E-state index in [-0.39, 0.29) is 23.9 Å². The number of carbonyl (C=O) groups is 2. The molecule has 0 aliphatic rings. The van der Waals surface area contributed by atoms with Crippen molar-refractivity contribution in [3.63, 3.8) is 0 Å². The molecule has 0 aromatic carbocycles. The summed E-state index contributed by atoms with van der Waals surface area (Å²) in [6.07, 6.45) is 3.26. The van der Waals surface area contributed by atoms with E-state index in [0.29, 0.717) is 11.4 Å². The smallest absolute Gasteiger partial charge is 0.303 e. The van der Waals surface area contributed by atoms with Gasteiger partial charge in [0.2, 0.25) is 0 Å². The van der Waals surface area contributed by atoms with E-state index in [4.69, 9.17) is 16.7 Å². The monoisotopic (exact) mass is 256 g/mol. The topological polar surface area (TPSA) is 79.3 Å². The van der Waals surface area contributed by atoms with Gasteiger partial charge in [-0.3, -0.25) is 14.6 Å². The Morgan fingerprint density at radius 1 is 1.59 bits per heavy atom. The number of rotatable bonds is 5. The van der Waals surface area contributed by atoms with Gasteiger partial charge in [0.15, 0.2) is 0 Å². The Labute approximate surface area is 104 Å². The van der Waals surface area contributed by atoms with Crippen LogP contribution in [0.5, 0.6) is 0 Å². The highest BCUT2D eigenvalue weighted by atomic mass is 35.5. The second-order valence-corrected chi connectivity index (χ2v) is 4.07. The van der Waals surface area contributed by atoms with Crippen LogP contribution in [0, 0.1) is 0 Å². The number of carbonyl (C=O) groups excluding carboxylic acids is 1. The number of aliphatic carboxylic acids is 1. The third-order valence-corrected chi connectivity index (χ3v) is 2.51. The zero-order valence-electron chi connectivity index (χ0n) is 9.31. The summed E-state index contributed by atoms with van der Waals surface area (Å²) in [7, 11) is 0. The molecule has 0 bridgehead atoms. The van der Waals surface area contributed by atoms with Crippen molar-refractivity contribution in [2.24, 2.45) is 0 Å². The lowest BCUT2D eigenvalue weighted by molar-refractivity contribution is -0.137. The molecule has 92 valence electrons. The summed E-state index contributed by atoms with van der Waals surface area (Å²) in [5, 5.41) is 11.5. The van der Waals surface area contributed by atoms with Gasteiger partial charge >= 0.3 is 5.97 Å². The van der Waals surface area contributed by atoms with Gasteiger partial charge in [-0.15, -0.1) is 0 Å². The standard InChI is InChI=1S/C11H13ClN2O3/c1-7(2-3-10(15)16)14-11(17)8-6-13-5-4-9(8)12/h4-7H,2-3H2,1H3,(H,14,17)(H,15,16). The predicted molar refractivity (Wildman–Crippen MR) is 63.0 cm³/mol. The van der Waals surface area contributed by atoms with Crippen LogP contribution < -0.4 is 5.32 Å². The van der Waals surface area contributed by atoms with E-state index in [1.54, 1.807) is 6.92 Å². The number of carboxylic acid groups (broad SMARTS) is 1. The van der Waals surface area contributed by atoms with Crippen LogP contribution in [0.25, 0.3) is 0 Å². The second-order valence-electron chi connectivity index (χ2n) is 3.66. The maximum absolute atomic E-state index is 11.7. The summed E-state index contributed by atoms with van der Waals surface area (Å²) in [6.45, 7) is 1.74. The fourth-order valence-corrected chi connectivity index (χ4v) is 1.45. The summed E-state index contributed by atoms with van der Waals surface area (Å²) in [5.41, 5.74) is 0.288. The first-order chi connectivity index (χ1) is 8.00. The van der Waals surface area contributed by atoms with Crippen LogP contribution >= 0.6 is 11.6 Å². The van der Waals surface area contributed by atoms with Crippen molar-refractivity contribution in [3.8, 4) is 0 Å². The lowest BCUT2D eigenvalue weighted by Gasteiger charge is -2.13. The lowest BCUT2D eigenvalue weighted by atomic mass is 10.1. The molecule has 1 atom stereocenters. The van der Waals surface area contributed by atoms with Crippen molar-refractivity contribution in [2.45, 2.75) is 25.8 Å². The van der Waals surface area contributed by atoms with E-state index in [1.165, 1.54) is 18.5 Å². The third kappa shape index (κ3) is 4.40.